The number of halogens is 2. The third kappa shape index (κ3) is 6.04. The molecule has 0 spiro atoms. The van der Waals surface area contributed by atoms with Gasteiger partial charge in [-0.1, -0.05) is 45.7 Å². The summed E-state index contributed by atoms with van der Waals surface area (Å²) in [7, 11) is -1.84. The van der Waals surface area contributed by atoms with Crippen LogP contribution in [0.5, 0.6) is 0 Å². The topological polar surface area (TPSA) is 69.7 Å². The minimum absolute atomic E-state index is 0.0128. The van der Waals surface area contributed by atoms with Gasteiger partial charge in [-0.3, -0.25) is 4.79 Å². The molecule has 3 rings (SSSR count). The fourth-order valence-corrected chi connectivity index (χ4v) is 5.22. The van der Waals surface area contributed by atoms with Gasteiger partial charge in [0, 0.05) is 22.1 Å². The van der Waals surface area contributed by atoms with Gasteiger partial charge in [0.25, 0.3) is 0 Å². The summed E-state index contributed by atoms with van der Waals surface area (Å²) in [5, 5.41) is 3.45. The maximum Gasteiger partial charge on any atom is 0.243 e. The molecule has 1 aliphatic heterocycles. The van der Waals surface area contributed by atoms with Crippen LogP contribution in [0.25, 0.3) is 0 Å². The zero-order chi connectivity index (χ0) is 21.7. The Morgan fingerprint density at radius 3 is 2.43 bits per heavy atom. The molecule has 6 nitrogen and oxygen atoms in total. The number of carbonyl (C=O) groups is 1. The third-order valence-corrected chi connectivity index (χ3v) is 7.86. The minimum atomic E-state index is -3.89. The predicted molar refractivity (Wildman–Crippen MR) is 122 cm³/mol. The number of hydrogen-bond donors (Lipinski definition) is 1. The van der Waals surface area contributed by atoms with Crippen molar-refractivity contribution in [3.8, 4) is 0 Å². The maximum absolute atomic E-state index is 13.3. The van der Waals surface area contributed by atoms with Crippen LogP contribution in [-0.4, -0.2) is 56.3 Å². The highest BCUT2D eigenvalue weighted by molar-refractivity contribution is 9.10. The van der Waals surface area contributed by atoms with E-state index < -0.39 is 10.0 Å². The smallest absolute Gasteiger partial charge is 0.243 e. The van der Waals surface area contributed by atoms with Crippen molar-refractivity contribution >= 4 is 43.5 Å². The van der Waals surface area contributed by atoms with E-state index in [-0.39, 0.29) is 29.9 Å². The van der Waals surface area contributed by atoms with Crippen molar-refractivity contribution in [3.63, 3.8) is 0 Å². The monoisotopic (exact) mass is 513 g/mol. The number of rotatable bonds is 7. The van der Waals surface area contributed by atoms with Gasteiger partial charge in [-0.2, -0.15) is 4.31 Å². The van der Waals surface area contributed by atoms with E-state index in [2.05, 4.69) is 26.1 Å². The van der Waals surface area contributed by atoms with E-state index in [9.17, 15) is 13.2 Å². The number of piperidine rings is 1. The van der Waals surface area contributed by atoms with E-state index in [1.54, 1.807) is 36.4 Å². The summed E-state index contributed by atoms with van der Waals surface area (Å²) < 4.78 is 28.6. The zero-order valence-corrected chi connectivity index (χ0v) is 19.9. The average Bonchev–Trinajstić information content (AvgIpc) is 2.71. The molecule has 1 heterocycles. The summed E-state index contributed by atoms with van der Waals surface area (Å²) in [6.07, 6.45) is 1.71. The number of nitrogens with zero attached hydrogens (tertiary/aromatic N) is 2. The van der Waals surface area contributed by atoms with Crippen LogP contribution in [0.4, 0.5) is 0 Å². The van der Waals surface area contributed by atoms with Crippen molar-refractivity contribution in [2.75, 3.05) is 26.7 Å². The van der Waals surface area contributed by atoms with Crippen molar-refractivity contribution in [3.05, 3.63) is 63.6 Å². The molecule has 30 heavy (non-hydrogen) atoms. The van der Waals surface area contributed by atoms with Crippen LogP contribution >= 0.6 is 27.5 Å². The van der Waals surface area contributed by atoms with Gasteiger partial charge in [0.15, 0.2) is 0 Å². The lowest BCUT2D eigenvalue weighted by atomic mass is 10.1. The molecule has 0 aromatic heterocycles. The van der Waals surface area contributed by atoms with Gasteiger partial charge in [0.05, 0.1) is 11.4 Å². The lowest BCUT2D eigenvalue weighted by Crippen LogP contribution is -2.47. The van der Waals surface area contributed by atoms with Crippen LogP contribution in [0.15, 0.2) is 57.9 Å². The molecule has 0 aliphatic carbocycles. The van der Waals surface area contributed by atoms with Gasteiger partial charge >= 0.3 is 0 Å². The van der Waals surface area contributed by atoms with Crippen LogP contribution in [0.3, 0.4) is 0 Å². The second kappa shape index (κ2) is 10.2. The molecule has 2 aromatic carbocycles. The van der Waals surface area contributed by atoms with Gasteiger partial charge in [-0.25, -0.2) is 8.42 Å². The van der Waals surface area contributed by atoms with Crippen LogP contribution in [-0.2, 0) is 21.4 Å². The lowest BCUT2D eigenvalue weighted by Gasteiger charge is -2.30. The van der Waals surface area contributed by atoms with Crippen molar-refractivity contribution < 1.29 is 13.2 Å². The Hall–Kier alpha value is -1.45. The number of benzene rings is 2. The second-order valence-electron chi connectivity index (χ2n) is 7.46. The summed E-state index contributed by atoms with van der Waals surface area (Å²) >= 11 is 9.58. The highest BCUT2D eigenvalue weighted by atomic mass is 79.9. The van der Waals surface area contributed by atoms with E-state index in [0.717, 1.165) is 30.4 Å². The Morgan fingerprint density at radius 1 is 1.17 bits per heavy atom. The Morgan fingerprint density at radius 2 is 1.80 bits per heavy atom. The third-order valence-electron chi connectivity index (χ3n) is 5.16. The molecule has 1 saturated heterocycles. The number of amides is 1. The Kier molecular flexibility index (Phi) is 7.92. The normalized spacial score (nSPS) is 16.0. The molecule has 0 radical (unpaired) electrons. The largest absolute Gasteiger partial charge is 0.352 e. The molecule has 1 N–H and O–H groups in total. The maximum atomic E-state index is 13.3. The van der Waals surface area contributed by atoms with E-state index in [0.29, 0.717) is 10.6 Å². The molecule has 0 bridgehead atoms. The van der Waals surface area contributed by atoms with Crippen molar-refractivity contribution in [1.82, 2.24) is 14.5 Å². The zero-order valence-electron chi connectivity index (χ0n) is 16.7. The quantitative estimate of drug-likeness (QED) is 0.614. The number of sulfonamides is 1. The Bertz CT molecular complexity index is 977. The van der Waals surface area contributed by atoms with Crippen molar-refractivity contribution in [1.29, 1.82) is 0 Å². The number of carbonyl (C=O) groups excluding carboxylic acids is 1. The lowest BCUT2D eigenvalue weighted by molar-refractivity contribution is -0.122. The number of nitrogens with one attached hydrogen (secondary N) is 1. The van der Waals surface area contributed by atoms with Crippen LogP contribution < -0.4 is 5.32 Å². The first-order chi connectivity index (χ1) is 14.3. The highest BCUT2D eigenvalue weighted by Crippen LogP contribution is 2.23. The summed E-state index contributed by atoms with van der Waals surface area (Å²) in [5.74, 6) is -0.308. The molecule has 1 aliphatic rings. The summed E-state index contributed by atoms with van der Waals surface area (Å²) in [6.45, 7) is 1.56. The molecule has 0 saturated carbocycles. The summed E-state index contributed by atoms with van der Waals surface area (Å²) in [6, 6.07) is 13.5. The van der Waals surface area contributed by atoms with Crippen molar-refractivity contribution in [2.24, 2.45) is 0 Å². The first-order valence-electron chi connectivity index (χ1n) is 9.73. The summed E-state index contributed by atoms with van der Waals surface area (Å²) in [5.41, 5.74) is 0.645. The Balaban J connectivity index is 1.81. The molecule has 1 fully saturated rings. The average molecular weight is 515 g/mol. The van der Waals surface area contributed by atoms with Gasteiger partial charge < -0.3 is 10.2 Å². The molecule has 1 amide bonds. The van der Waals surface area contributed by atoms with E-state index in [1.165, 1.54) is 16.4 Å². The van der Waals surface area contributed by atoms with Gasteiger partial charge in [0.1, 0.15) is 0 Å². The standard InChI is InChI=1S/C21H25BrClN3O3S/c1-25-12-10-18(11-13-25)24-21(27)15-26(14-16-4-2-3-5-20(16)23)30(28,29)19-8-6-17(22)7-9-19/h2-9,18H,10-15H2,1H3,(H,24,27). The predicted octanol–water partition coefficient (Wildman–Crippen LogP) is 3.50. The van der Waals surface area contributed by atoms with E-state index in [4.69, 9.17) is 11.6 Å². The minimum Gasteiger partial charge on any atom is -0.352 e. The second-order valence-corrected chi connectivity index (χ2v) is 10.7. The van der Waals surface area contributed by atoms with Crippen LogP contribution in [0, 0.1) is 0 Å². The summed E-state index contributed by atoms with van der Waals surface area (Å²) in [4.78, 5) is 15.1. The molecule has 0 unspecified atom stereocenters. The first kappa shape index (κ1) is 23.2. The van der Waals surface area contributed by atoms with Gasteiger partial charge in [0.2, 0.25) is 15.9 Å². The Labute approximate surface area is 191 Å². The molecule has 2 aromatic rings. The molecule has 9 heteroatoms. The fraction of sp³-hybridized carbons (Fsp3) is 0.381. The number of hydrogen-bond acceptors (Lipinski definition) is 4. The van der Waals surface area contributed by atoms with Crippen LogP contribution in [0.1, 0.15) is 18.4 Å². The molecular weight excluding hydrogens is 490 g/mol. The highest BCUT2D eigenvalue weighted by Gasteiger charge is 2.28. The molecule has 162 valence electrons. The van der Waals surface area contributed by atoms with Gasteiger partial charge in [-0.15, -0.1) is 0 Å². The molecule has 0 atom stereocenters. The van der Waals surface area contributed by atoms with Gasteiger partial charge in [-0.05, 0) is 68.9 Å². The van der Waals surface area contributed by atoms with Crippen LogP contribution in [0.2, 0.25) is 5.02 Å². The van der Waals surface area contributed by atoms with E-state index in [1.807, 2.05) is 7.05 Å². The molecular formula is C21H25BrClN3O3S. The number of likely N-dealkylation sites (tertiary alicyclic amines) is 1. The van der Waals surface area contributed by atoms with Crippen molar-refractivity contribution in [2.45, 2.75) is 30.3 Å². The van der Waals surface area contributed by atoms with E-state index >= 15 is 0 Å². The fourth-order valence-electron chi connectivity index (χ4n) is 3.38. The first-order valence-corrected chi connectivity index (χ1v) is 12.3. The SMILES string of the molecule is CN1CCC(NC(=O)CN(Cc2ccccc2Cl)S(=O)(=O)c2ccc(Br)cc2)CC1.